The molecule has 0 saturated carbocycles. The van der Waals surface area contributed by atoms with E-state index < -0.39 is 25.2 Å². The molecule has 0 fully saturated rings. The molecule has 1 heterocycles. The van der Waals surface area contributed by atoms with Gasteiger partial charge in [0.05, 0.1) is 0 Å². The van der Waals surface area contributed by atoms with Gasteiger partial charge in [0.1, 0.15) is 0 Å². The fourth-order valence-corrected chi connectivity index (χ4v) is 24.1. The van der Waals surface area contributed by atoms with Crippen LogP contribution in [0.4, 0.5) is 11.4 Å². The molecule has 0 bridgehead atoms. The van der Waals surface area contributed by atoms with E-state index in [4.69, 9.17) is 67.4 Å². The average Bonchev–Trinajstić information content (AvgIpc) is 2.52. The first kappa shape index (κ1) is 23.4. The van der Waals surface area contributed by atoms with Gasteiger partial charge in [0, 0.05) is 11.4 Å². The van der Waals surface area contributed by atoms with Crippen molar-refractivity contribution in [3.05, 3.63) is 60.7 Å². The highest BCUT2D eigenvalue weighted by atomic mass is 35.9. The third kappa shape index (κ3) is 6.86. The van der Waals surface area contributed by atoms with Crippen LogP contribution < -0.4 is 10.2 Å². The topological polar surface area (TPSA) is 73.5 Å². The highest BCUT2D eigenvalue weighted by molar-refractivity contribution is 8.21. The van der Waals surface area contributed by atoms with Gasteiger partial charge in [-0.1, -0.05) is 36.4 Å². The second-order valence-electron chi connectivity index (χ2n) is 5.28. The van der Waals surface area contributed by atoms with E-state index in [1.54, 1.807) is 24.3 Å². The molecule has 3 rings (SSSR count). The van der Waals surface area contributed by atoms with Crippen LogP contribution in [0, 0.1) is 0 Å². The van der Waals surface area contributed by atoms with Crippen LogP contribution in [0.5, 0.6) is 0 Å². The van der Waals surface area contributed by atoms with Crippen LogP contribution >= 0.6 is 92.7 Å². The Labute approximate surface area is 191 Å². The van der Waals surface area contributed by atoms with Gasteiger partial charge < -0.3 is 10.2 Å². The summed E-state index contributed by atoms with van der Waals surface area (Å²) in [4.78, 5) is 0. The Morgan fingerprint density at radius 1 is 0.500 bits per heavy atom. The molecule has 2 unspecified atom stereocenters. The van der Waals surface area contributed by atoms with Crippen molar-refractivity contribution >= 4 is 104 Å². The van der Waals surface area contributed by atoms with Gasteiger partial charge in [0.25, 0.3) is 25.2 Å². The Hall–Kier alpha value is 0.700. The summed E-state index contributed by atoms with van der Waals surface area (Å²) in [7, 11) is 0. The smallest absolute Gasteiger partial charge is 0.262 e. The number of hydrogen-bond donors (Lipinski definition) is 2. The van der Waals surface area contributed by atoms with Gasteiger partial charge in [0.2, 0.25) is 0 Å². The molecule has 16 heteroatoms. The standard InChI is InChI=1S/C12H12Cl6N6P4/c13-25(14)21-26(15,16)23-28(18,20-12-9-5-2-6-10-12)24-27(17,22-25)19-11-7-3-1-4-8-11/h1-10,19-20H. The van der Waals surface area contributed by atoms with Crippen LogP contribution in [0.15, 0.2) is 78.7 Å². The average molecular weight is 577 g/mol. The molecular weight excluding hydrogens is 565 g/mol. The third-order valence-electron chi connectivity index (χ3n) is 2.99. The van der Waals surface area contributed by atoms with Gasteiger partial charge in [-0.3, -0.25) is 0 Å². The summed E-state index contributed by atoms with van der Waals surface area (Å²) in [6.45, 7) is -6.53. The summed E-state index contributed by atoms with van der Waals surface area (Å²) < 4.78 is 17.2. The zero-order valence-corrected chi connectivity index (χ0v) is 21.7. The summed E-state index contributed by atoms with van der Waals surface area (Å²) in [5, 5.41) is 6.12. The van der Waals surface area contributed by atoms with E-state index in [2.05, 4.69) is 28.2 Å². The SMILES string of the molecule is ClP1(Cl)=NP(Cl)(Cl)=NP(Cl)(Nc2ccccc2)=NP(Cl)(Nc2ccccc2)=N1. The Morgan fingerprint density at radius 2 is 0.893 bits per heavy atom. The predicted molar refractivity (Wildman–Crippen MR) is 133 cm³/mol. The maximum atomic E-state index is 6.75. The largest absolute Gasteiger partial charge is 0.323 e. The molecule has 6 nitrogen and oxygen atoms in total. The van der Waals surface area contributed by atoms with Crippen LogP contribution in [0.1, 0.15) is 0 Å². The van der Waals surface area contributed by atoms with Crippen molar-refractivity contribution in [3.8, 4) is 0 Å². The van der Waals surface area contributed by atoms with Gasteiger partial charge in [0.15, 0.2) is 0 Å². The number of para-hydroxylation sites is 2. The number of anilines is 2. The highest BCUT2D eigenvalue weighted by Gasteiger charge is 2.33. The Balaban J connectivity index is 2.19. The molecule has 0 aliphatic carbocycles. The predicted octanol–water partition coefficient (Wildman–Crippen LogP) is 11.4. The first-order valence-corrected chi connectivity index (χ1v) is 19.6. The maximum Gasteiger partial charge on any atom is 0.262 e. The normalized spacial score (nSPS) is 28.2. The highest BCUT2D eigenvalue weighted by Crippen LogP contribution is 2.85. The fourth-order valence-electron chi connectivity index (χ4n) is 2.09. The van der Waals surface area contributed by atoms with Crippen molar-refractivity contribution in [1.82, 2.24) is 0 Å². The van der Waals surface area contributed by atoms with Crippen molar-refractivity contribution in [1.29, 1.82) is 0 Å². The van der Waals surface area contributed by atoms with E-state index in [1.165, 1.54) is 0 Å². The zero-order valence-electron chi connectivity index (χ0n) is 13.6. The van der Waals surface area contributed by atoms with Gasteiger partial charge >= 0.3 is 0 Å². The van der Waals surface area contributed by atoms with Crippen molar-refractivity contribution in [2.75, 3.05) is 10.2 Å². The number of benzene rings is 2. The Bertz CT molecular complexity index is 1030. The molecular formula is C12H12Cl6N6P4. The van der Waals surface area contributed by atoms with E-state index >= 15 is 0 Å². The van der Waals surface area contributed by atoms with Crippen molar-refractivity contribution in [3.63, 3.8) is 0 Å². The lowest BCUT2D eigenvalue weighted by Gasteiger charge is -2.25. The zero-order chi connectivity index (χ0) is 20.5. The summed E-state index contributed by atoms with van der Waals surface area (Å²) in [5.41, 5.74) is 1.32. The van der Waals surface area contributed by atoms with Crippen molar-refractivity contribution in [2.24, 2.45) is 18.1 Å². The van der Waals surface area contributed by atoms with Gasteiger partial charge in [-0.25, -0.2) is 0 Å². The first-order valence-electron chi connectivity index (χ1n) is 7.38. The molecule has 1 aliphatic heterocycles. The molecule has 0 amide bonds. The lowest BCUT2D eigenvalue weighted by atomic mass is 10.3. The summed E-state index contributed by atoms with van der Waals surface area (Å²) in [6.07, 6.45) is 0. The number of rotatable bonds is 4. The molecule has 152 valence electrons. The van der Waals surface area contributed by atoms with Crippen LogP contribution in [0.25, 0.3) is 0 Å². The van der Waals surface area contributed by atoms with Crippen LogP contribution in [-0.4, -0.2) is 0 Å². The Morgan fingerprint density at radius 3 is 1.36 bits per heavy atom. The van der Waals surface area contributed by atoms with Crippen LogP contribution in [0.3, 0.4) is 0 Å². The van der Waals surface area contributed by atoms with Gasteiger partial charge in [-0.2, -0.15) is 18.1 Å². The first-order chi connectivity index (χ1) is 13.0. The Kier molecular flexibility index (Phi) is 7.56. The van der Waals surface area contributed by atoms with Crippen LogP contribution in [-0.2, 0) is 0 Å². The molecule has 2 aromatic carbocycles. The minimum Gasteiger partial charge on any atom is -0.323 e. The van der Waals surface area contributed by atoms with Gasteiger partial charge in [-0.05, 0) is 91.7 Å². The molecule has 28 heavy (non-hydrogen) atoms. The molecule has 0 aromatic heterocycles. The molecule has 2 aromatic rings. The van der Waals surface area contributed by atoms with E-state index in [0.717, 1.165) is 0 Å². The molecule has 0 radical (unpaired) electrons. The number of nitrogens with one attached hydrogen (secondary N) is 2. The van der Waals surface area contributed by atoms with Crippen molar-refractivity contribution in [2.45, 2.75) is 0 Å². The lowest BCUT2D eigenvalue weighted by Crippen LogP contribution is -1.94. The van der Waals surface area contributed by atoms with E-state index in [1.807, 2.05) is 36.4 Å². The molecule has 2 atom stereocenters. The number of hydrogen-bond acceptors (Lipinski definition) is 6. The van der Waals surface area contributed by atoms with E-state index in [0.29, 0.717) is 11.4 Å². The van der Waals surface area contributed by atoms with Crippen LogP contribution in [0.2, 0.25) is 0 Å². The second-order valence-corrected chi connectivity index (χ2v) is 22.0. The van der Waals surface area contributed by atoms with E-state index in [-0.39, 0.29) is 0 Å². The monoisotopic (exact) mass is 574 g/mol. The summed E-state index contributed by atoms with van der Waals surface area (Å²) >= 11 is 38.6. The molecule has 2 N–H and O–H groups in total. The summed E-state index contributed by atoms with van der Waals surface area (Å²) in [6, 6.07) is 18.2. The quantitative estimate of drug-likeness (QED) is 0.355. The lowest BCUT2D eigenvalue weighted by molar-refractivity contribution is 1.62. The number of nitrogens with zero attached hydrogens (tertiary/aromatic N) is 4. The second kappa shape index (κ2) is 9.05. The molecule has 1 aliphatic rings. The van der Waals surface area contributed by atoms with Crippen molar-refractivity contribution < 1.29 is 0 Å². The molecule has 0 saturated heterocycles. The van der Waals surface area contributed by atoms with E-state index in [9.17, 15) is 0 Å². The molecule has 0 spiro atoms. The summed E-state index contributed by atoms with van der Waals surface area (Å²) in [5.74, 6) is -6.70. The third-order valence-corrected chi connectivity index (χ3v) is 19.1. The fraction of sp³-hybridized carbons (Fsp3) is 0. The number of halogens is 6. The maximum absolute atomic E-state index is 6.75. The minimum atomic E-state index is -3.35. The van der Waals surface area contributed by atoms with Gasteiger partial charge in [-0.15, -0.1) is 0 Å². The minimum absolute atomic E-state index is 0.660.